The van der Waals surface area contributed by atoms with E-state index in [4.69, 9.17) is 0 Å². The van der Waals surface area contributed by atoms with Crippen LogP contribution in [0.25, 0.3) is 0 Å². The molecule has 0 rings (SSSR count). The van der Waals surface area contributed by atoms with E-state index in [0.717, 1.165) is 19.3 Å². The van der Waals surface area contributed by atoms with E-state index in [1.54, 1.807) is 0 Å². The van der Waals surface area contributed by atoms with Gasteiger partial charge in [-0.15, -0.1) is 0 Å². The van der Waals surface area contributed by atoms with Gasteiger partial charge in [-0.05, 0) is 22.4 Å². The Kier molecular flexibility index (Phi) is 5.22. The topological polar surface area (TPSA) is 0 Å². The lowest BCUT2D eigenvalue weighted by molar-refractivity contribution is 0.101. The van der Waals surface area contributed by atoms with Gasteiger partial charge in [-0.1, -0.05) is 26.2 Å². The number of alkyl halides is 3. The summed E-state index contributed by atoms with van der Waals surface area (Å²) in [5, 5.41) is 0. The van der Waals surface area contributed by atoms with Crippen molar-refractivity contribution >= 4 is 15.9 Å². The molecule has 0 amide bonds. The van der Waals surface area contributed by atoms with E-state index in [9.17, 15) is 8.78 Å². The normalized spacial score (nSPS) is 12.0. The molecule has 0 aliphatic heterocycles. The number of halogens is 3. The zero-order valence-corrected chi connectivity index (χ0v) is 7.76. The molecule has 0 N–H and O–H groups in total. The Hall–Kier alpha value is 0.340. The van der Waals surface area contributed by atoms with Crippen molar-refractivity contribution in [1.29, 1.82) is 0 Å². The summed E-state index contributed by atoms with van der Waals surface area (Å²) in [6.07, 6.45) is 3.65. The molecule has 0 unspecified atom stereocenters. The van der Waals surface area contributed by atoms with Crippen LogP contribution < -0.4 is 0 Å². The lowest BCUT2D eigenvalue weighted by Gasteiger charge is -2.06. The first-order valence-corrected chi connectivity index (χ1v) is 4.42. The van der Waals surface area contributed by atoms with E-state index in [1.165, 1.54) is 0 Å². The van der Waals surface area contributed by atoms with Crippen LogP contribution in [0.15, 0.2) is 0 Å². The van der Waals surface area contributed by atoms with Gasteiger partial charge in [0.1, 0.15) is 0 Å². The molecule has 0 aliphatic carbocycles. The van der Waals surface area contributed by atoms with Gasteiger partial charge in [0.15, 0.2) is 0 Å². The van der Waals surface area contributed by atoms with Crippen molar-refractivity contribution in [3.8, 4) is 0 Å². The summed E-state index contributed by atoms with van der Waals surface area (Å²) in [5.41, 5.74) is 0. The minimum Gasteiger partial charge on any atom is -0.194 e. The molecule has 0 radical (unpaired) electrons. The molecule has 0 atom stereocenters. The van der Waals surface area contributed by atoms with E-state index >= 15 is 0 Å². The van der Waals surface area contributed by atoms with Crippen molar-refractivity contribution < 1.29 is 8.78 Å². The number of rotatable bonds is 5. The predicted octanol–water partition coefficient (Wildman–Crippen LogP) is 3.94. The molecule has 0 aromatic heterocycles. The maximum atomic E-state index is 12.1. The second kappa shape index (κ2) is 5.05. The molecule has 3 heteroatoms. The highest BCUT2D eigenvalue weighted by molar-refractivity contribution is 9.09. The zero-order valence-electron chi connectivity index (χ0n) is 6.17. The molecule has 62 valence electrons. The van der Waals surface area contributed by atoms with Crippen LogP contribution >= 0.6 is 15.9 Å². The number of hydrogen-bond acceptors (Lipinski definition) is 0. The first-order chi connectivity index (χ1) is 4.56. The van der Waals surface area contributed by atoms with E-state index in [1.807, 2.05) is 0 Å². The first-order valence-electron chi connectivity index (χ1n) is 3.63. The molecule has 0 aliphatic rings. The minimum absolute atomic E-state index is 0.0347. The van der Waals surface area contributed by atoms with Gasteiger partial charge in [-0.3, -0.25) is 0 Å². The quantitative estimate of drug-likeness (QED) is 0.481. The summed E-state index contributed by atoms with van der Waals surface area (Å²) >= 11 is 2.30. The fraction of sp³-hybridized carbons (Fsp3) is 1.00. The Morgan fingerprint density at radius 1 is 1.20 bits per heavy atom. The summed E-state index contributed by atoms with van der Waals surface area (Å²) < 4.78 is 24.1. The summed E-state index contributed by atoms with van der Waals surface area (Å²) in [5.74, 6) is 0. The van der Waals surface area contributed by atoms with E-state index in [0.29, 0.717) is 6.42 Å². The van der Waals surface area contributed by atoms with Gasteiger partial charge in [0.2, 0.25) is 0 Å². The third kappa shape index (κ3) is 8.34. The van der Waals surface area contributed by atoms with Crippen molar-refractivity contribution in [2.75, 3.05) is 0 Å². The third-order valence-electron chi connectivity index (χ3n) is 1.31. The van der Waals surface area contributed by atoms with Crippen LogP contribution in [0.3, 0.4) is 0 Å². The van der Waals surface area contributed by atoms with E-state index in [2.05, 4.69) is 22.9 Å². The maximum Gasteiger partial charge on any atom is 0.301 e. The molecule has 0 nitrogen and oxygen atoms in total. The van der Waals surface area contributed by atoms with Gasteiger partial charge in [0.05, 0.1) is 0 Å². The van der Waals surface area contributed by atoms with Crippen LogP contribution in [0.1, 0.15) is 39.0 Å². The largest absolute Gasteiger partial charge is 0.301 e. The standard InChI is InChI=1S/C7H13BrF2/c1-2-3-4-5-6-7(8,9)10/h2-6H2,1H3. The van der Waals surface area contributed by atoms with Crippen molar-refractivity contribution in [2.24, 2.45) is 0 Å². The van der Waals surface area contributed by atoms with Crippen LogP contribution in [0.4, 0.5) is 8.78 Å². The Morgan fingerprint density at radius 2 is 1.80 bits per heavy atom. The summed E-state index contributed by atoms with van der Waals surface area (Å²) in [7, 11) is 0. The van der Waals surface area contributed by atoms with Crippen molar-refractivity contribution in [1.82, 2.24) is 0 Å². The Balaban J connectivity index is 3.04. The highest BCUT2D eigenvalue weighted by Crippen LogP contribution is 2.28. The molecular weight excluding hydrogens is 202 g/mol. The van der Waals surface area contributed by atoms with Gasteiger partial charge in [0.25, 0.3) is 0 Å². The molecule has 0 spiro atoms. The van der Waals surface area contributed by atoms with E-state index < -0.39 is 4.83 Å². The summed E-state index contributed by atoms with van der Waals surface area (Å²) in [6.45, 7) is 2.06. The summed E-state index contributed by atoms with van der Waals surface area (Å²) in [4.78, 5) is -2.64. The molecule has 0 saturated heterocycles. The Labute approximate surface area is 69.1 Å². The molecule has 0 bridgehead atoms. The maximum absolute atomic E-state index is 12.1. The third-order valence-corrected chi connectivity index (χ3v) is 1.71. The van der Waals surface area contributed by atoms with Crippen LogP contribution in [0.5, 0.6) is 0 Å². The van der Waals surface area contributed by atoms with E-state index in [-0.39, 0.29) is 6.42 Å². The molecule has 0 saturated carbocycles. The second-order valence-electron chi connectivity index (χ2n) is 2.43. The fourth-order valence-electron chi connectivity index (χ4n) is 0.752. The molecule has 0 heterocycles. The molecular formula is C7H13BrF2. The average Bonchev–Trinajstić information content (AvgIpc) is 1.78. The smallest absolute Gasteiger partial charge is 0.194 e. The van der Waals surface area contributed by atoms with Gasteiger partial charge < -0.3 is 0 Å². The van der Waals surface area contributed by atoms with Crippen LogP contribution in [-0.2, 0) is 0 Å². The van der Waals surface area contributed by atoms with Gasteiger partial charge in [0, 0.05) is 6.42 Å². The van der Waals surface area contributed by atoms with Gasteiger partial charge in [-0.2, -0.15) is 8.78 Å². The number of unbranched alkanes of at least 4 members (excludes halogenated alkanes) is 3. The SMILES string of the molecule is CCCCCCC(F)(F)Br. The summed E-state index contributed by atoms with van der Waals surface area (Å²) in [6, 6.07) is 0. The van der Waals surface area contributed by atoms with Crippen molar-refractivity contribution in [3.05, 3.63) is 0 Å². The van der Waals surface area contributed by atoms with Crippen LogP contribution in [-0.4, -0.2) is 4.83 Å². The van der Waals surface area contributed by atoms with Gasteiger partial charge in [-0.25, -0.2) is 0 Å². The van der Waals surface area contributed by atoms with Crippen LogP contribution in [0.2, 0.25) is 0 Å². The minimum atomic E-state index is -2.64. The second-order valence-corrected chi connectivity index (χ2v) is 3.59. The molecule has 0 fully saturated rings. The monoisotopic (exact) mass is 214 g/mol. The molecule has 0 aromatic rings. The Bertz CT molecular complexity index is 78.2. The van der Waals surface area contributed by atoms with Crippen molar-refractivity contribution in [2.45, 2.75) is 43.9 Å². The number of hydrogen-bond donors (Lipinski definition) is 0. The Morgan fingerprint density at radius 3 is 2.20 bits per heavy atom. The fourth-order valence-corrected chi connectivity index (χ4v) is 1.03. The lowest BCUT2D eigenvalue weighted by atomic mass is 10.2. The van der Waals surface area contributed by atoms with Crippen LogP contribution in [0, 0.1) is 0 Å². The average molecular weight is 215 g/mol. The van der Waals surface area contributed by atoms with Gasteiger partial charge >= 0.3 is 4.83 Å². The molecule has 10 heavy (non-hydrogen) atoms. The molecule has 0 aromatic carbocycles. The first kappa shape index (κ1) is 10.3. The van der Waals surface area contributed by atoms with Crippen molar-refractivity contribution in [3.63, 3.8) is 0 Å². The predicted molar refractivity (Wildman–Crippen MR) is 42.6 cm³/mol. The highest BCUT2D eigenvalue weighted by Gasteiger charge is 2.22. The highest BCUT2D eigenvalue weighted by atomic mass is 79.9. The lowest BCUT2D eigenvalue weighted by Crippen LogP contribution is -2.03. The zero-order chi connectivity index (χ0) is 8.04.